The van der Waals surface area contributed by atoms with Crippen LogP contribution in [0.15, 0.2) is 0 Å². The molecule has 0 saturated heterocycles. The average molecular weight is 184 g/mol. The lowest BCUT2D eigenvalue weighted by Crippen LogP contribution is -2.28. The normalized spacial score (nSPS) is 17.6. The molecular formula is C10H20N2O. The molecule has 0 bridgehead atoms. The number of hydrogen-bond acceptors (Lipinski definition) is 2. The first-order valence-corrected chi connectivity index (χ1v) is 5.27. The Kier molecular flexibility index (Phi) is 4.83. The second kappa shape index (κ2) is 5.97. The highest BCUT2D eigenvalue weighted by molar-refractivity contribution is 5.75. The van der Waals surface area contributed by atoms with E-state index in [1.807, 2.05) is 0 Å². The van der Waals surface area contributed by atoms with E-state index in [-0.39, 0.29) is 5.91 Å². The van der Waals surface area contributed by atoms with Gasteiger partial charge in [0, 0.05) is 19.5 Å². The standard InChI is InChI=1S/C10H20N2O/c1-11-10(13)7-4-8-12-9-5-2-3-6-9/h9,12H,2-8H2,1H3,(H,11,13). The molecule has 1 saturated carbocycles. The molecule has 1 aliphatic rings. The van der Waals surface area contributed by atoms with Gasteiger partial charge in [0.15, 0.2) is 0 Å². The Labute approximate surface area is 80.3 Å². The third-order valence-electron chi connectivity index (χ3n) is 2.65. The Hall–Kier alpha value is -0.570. The van der Waals surface area contributed by atoms with Crippen molar-refractivity contribution >= 4 is 5.91 Å². The molecule has 13 heavy (non-hydrogen) atoms. The molecule has 76 valence electrons. The summed E-state index contributed by atoms with van der Waals surface area (Å²) in [6, 6.07) is 0.727. The largest absolute Gasteiger partial charge is 0.359 e. The summed E-state index contributed by atoms with van der Waals surface area (Å²) in [5.41, 5.74) is 0. The van der Waals surface area contributed by atoms with Gasteiger partial charge in [-0.3, -0.25) is 4.79 Å². The fourth-order valence-electron chi connectivity index (χ4n) is 1.81. The van der Waals surface area contributed by atoms with E-state index in [0.717, 1.165) is 19.0 Å². The molecule has 1 rings (SSSR count). The molecule has 3 heteroatoms. The Bertz CT molecular complexity index is 153. The van der Waals surface area contributed by atoms with Crippen molar-refractivity contribution in [1.82, 2.24) is 10.6 Å². The van der Waals surface area contributed by atoms with Crippen molar-refractivity contribution in [2.24, 2.45) is 0 Å². The summed E-state index contributed by atoms with van der Waals surface area (Å²) >= 11 is 0. The van der Waals surface area contributed by atoms with Crippen molar-refractivity contribution in [2.75, 3.05) is 13.6 Å². The lowest BCUT2D eigenvalue weighted by molar-refractivity contribution is -0.120. The SMILES string of the molecule is CNC(=O)CCCNC1CCCC1. The van der Waals surface area contributed by atoms with E-state index in [0.29, 0.717) is 6.42 Å². The summed E-state index contributed by atoms with van der Waals surface area (Å²) in [6.07, 6.45) is 6.98. The molecule has 0 aromatic rings. The van der Waals surface area contributed by atoms with Gasteiger partial charge in [-0.25, -0.2) is 0 Å². The van der Waals surface area contributed by atoms with E-state index < -0.39 is 0 Å². The van der Waals surface area contributed by atoms with E-state index >= 15 is 0 Å². The van der Waals surface area contributed by atoms with Crippen LogP contribution in [0.1, 0.15) is 38.5 Å². The van der Waals surface area contributed by atoms with Crippen molar-refractivity contribution < 1.29 is 4.79 Å². The van der Waals surface area contributed by atoms with Crippen LogP contribution in [0, 0.1) is 0 Å². The zero-order valence-corrected chi connectivity index (χ0v) is 8.44. The molecule has 2 N–H and O–H groups in total. The third-order valence-corrected chi connectivity index (χ3v) is 2.65. The van der Waals surface area contributed by atoms with Crippen LogP contribution in [0.4, 0.5) is 0 Å². The Morgan fingerprint density at radius 1 is 1.38 bits per heavy atom. The molecule has 0 aliphatic heterocycles. The van der Waals surface area contributed by atoms with Gasteiger partial charge in [0.2, 0.25) is 5.91 Å². The molecule has 0 heterocycles. The number of hydrogen-bond donors (Lipinski definition) is 2. The van der Waals surface area contributed by atoms with E-state index in [1.165, 1.54) is 25.7 Å². The maximum atomic E-state index is 10.9. The minimum absolute atomic E-state index is 0.147. The van der Waals surface area contributed by atoms with Crippen LogP contribution in [0.3, 0.4) is 0 Å². The van der Waals surface area contributed by atoms with Crippen LogP contribution in [-0.2, 0) is 4.79 Å². The van der Waals surface area contributed by atoms with Crippen molar-refractivity contribution in [2.45, 2.75) is 44.6 Å². The molecule has 0 unspecified atom stereocenters. The zero-order chi connectivity index (χ0) is 9.52. The van der Waals surface area contributed by atoms with Gasteiger partial charge in [-0.2, -0.15) is 0 Å². The molecule has 0 aromatic heterocycles. The van der Waals surface area contributed by atoms with Crippen LogP contribution in [0.2, 0.25) is 0 Å². The number of rotatable bonds is 5. The monoisotopic (exact) mass is 184 g/mol. The summed E-state index contributed by atoms with van der Waals surface area (Å²) < 4.78 is 0. The van der Waals surface area contributed by atoms with Crippen molar-refractivity contribution in [1.29, 1.82) is 0 Å². The van der Waals surface area contributed by atoms with Gasteiger partial charge in [-0.1, -0.05) is 12.8 Å². The van der Waals surface area contributed by atoms with Gasteiger partial charge >= 0.3 is 0 Å². The van der Waals surface area contributed by atoms with Gasteiger partial charge in [-0.15, -0.1) is 0 Å². The van der Waals surface area contributed by atoms with Gasteiger partial charge in [0.25, 0.3) is 0 Å². The highest BCUT2D eigenvalue weighted by Gasteiger charge is 2.13. The first-order valence-electron chi connectivity index (χ1n) is 5.27. The van der Waals surface area contributed by atoms with Crippen LogP contribution in [-0.4, -0.2) is 25.5 Å². The van der Waals surface area contributed by atoms with Gasteiger partial charge in [-0.05, 0) is 25.8 Å². The number of amides is 1. The van der Waals surface area contributed by atoms with Crippen molar-refractivity contribution in [3.05, 3.63) is 0 Å². The molecule has 1 aliphatic carbocycles. The molecular weight excluding hydrogens is 164 g/mol. The predicted octanol–water partition coefficient (Wildman–Crippen LogP) is 1.04. The van der Waals surface area contributed by atoms with Gasteiger partial charge in [0.1, 0.15) is 0 Å². The number of carbonyl (C=O) groups is 1. The quantitative estimate of drug-likeness (QED) is 0.627. The Balaban J connectivity index is 1.91. The molecule has 0 atom stereocenters. The lowest BCUT2D eigenvalue weighted by Gasteiger charge is -2.10. The van der Waals surface area contributed by atoms with Crippen LogP contribution in [0.25, 0.3) is 0 Å². The zero-order valence-electron chi connectivity index (χ0n) is 8.44. The first kappa shape index (κ1) is 10.5. The van der Waals surface area contributed by atoms with Gasteiger partial charge < -0.3 is 10.6 Å². The summed E-state index contributed by atoms with van der Waals surface area (Å²) in [5, 5.41) is 6.11. The average Bonchev–Trinajstić information content (AvgIpc) is 2.64. The highest BCUT2D eigenvalue weighted by atomic mass is 16.1. The second-order valence-electron chi connectivity index (χ2n) is 3.71. The molecule has 0 spiro atoms. The van der Waals surface area contributed by atoms with E-state index in [2.05, 4.69) is 10.6 Å². The van der Waals surface area contributed by atoms with Crippen molar-refractivity contribution in [3.63, 3.8) is 0 Å². The third kappa shape index (κ3) is 4.27. The first-order chi connectivity index (χ1) is 6.33. The lowest BCUT2D eigenvalue weighted by atomic mass is 10.2. The van der Waals surface area contributed by atoms with E-state index in [9.17, 15) is 4.79 Å². The van der Waals surface area contributed by atoms with Crippen LogP contribution >= 0.6 is 0 Å². The fourth-order valence-corrected chi connectivity index (χ4v) is 1.81. The fraction of sp³-hybridized carbons (Fsp3) is 0.900. The molecule has 1 fully saturated rings. The molecule has 3 nitrogen and oxygen atoms in total. The summed E-state index contributed by atoms with van der Waals surface area (Å²) in [4.78, 5) is 10.9. The van der Waals surface area contributed by atoms with Crippen LogP contribution in [0.5, 0.6) is 0 Å². The Morgan fingerprint density at radius 2 is 2.08 bits per heavy atom. The minimum Gasteiger partial charge on any atom is -0.359 e. The predicted molar refractivity (Wildman–Crippen MR) is 53.6 cm³/mol. The van der Waals surface area contributed by atoms with Gasteiger partial charge in [0.05, 0.1) is 0 Å². The highest BCUT2D eigenvalue weighted by Crippen LogP contribution is 2.17. The topological polar surface area (TPSA) is 41.1 Å². The van der Waals surface area contributed by atoms with Crippen LogP contribution < -0.4 is 10.6 Å². The molecule has 1 amide bonds. The van der Waals surface area contributed by atoms with E-state index in [4.69, 9.17) is 0 Å². The second-order valence-corrected chi connectivity index (χ2v) is 3.71. The smallest absolute Gasteiger partial charge is 0.219 e. The number of carbonyl (C=O) groups excluding carboxylic acids is 1. The number of nitrogens with one attached hydrogen (secondary N) is 2. The van der Waals surface area contributed by atoms with Crippen molar-refractivity contribution in [3.8, 4) is 0 Å². The molecule has 0 radical (unpaired) electrons. The maximum absolute atomic E-state index is 10.9. The minimum atomic E-state index is 0.147. The summed E-state index contributed by atoms with van der Waals surface area (Å²) in [7, 11) is 1.69. The summed E-state index contributed by atoms with van der Waals surface area (Å²) in [5.74, 6) is 0.147. The molecule has 0 aromatic carbocycles. The maximum Gasteiger partial charge on any atom is 0.219 e. The Morgan fingerprint density at radius 3 is 2.69 bits per heavy atom. The van der Waals surface area contributed by atoms with E-state index in [1.54, 1.807) is 7.05 Å². The summed E-state index contributed by atoms with van der Waals surface area (Å²) in [6.45, 7) is 0.984.